The van der Waals surface area contributed by atoms with Crippen LogP contribution in [0, 0.1) is 5.92 Å². The maximum atomic E-state index is 10.9. The molecule has 36 heavy (non-hydrogen) atoms. The van der Waals surface area contributed by atoms with Crippen LogP contribution in [0.15, 0.2) is 83.3 Å². The molecule has 0 spiro atoms. The molecule has 0 saturated carbocycles. The molecule has 1 unspecified atom stereocenters. The lowest BCUT2D eigenvalue weighted by Crippen LogP contribution is -2.19. The zero-order chi connectivity index (χ0) is 24.9. The number of carbonyl (C=O) groups is 1. The molecule has 4 aromatic rings. The molecule has 1 aromatic heterocycles. The Bertz CT molecular complexity index is 1270. The van der Waals surface area contributed by atoms with Gasteiger partial charge in [-0.05, 0) is 59.9 Å². The molecule has 0 fully saturated rings. The van der Waals surface area contributed by atoms with Crippen LogP contribution in [0.2, 0.25) is 0 Å². The van der Waals surface area contributed by atoms with E-state index < -0.39 is 5.97 Å². The minimum atomic E-state index is -0.959. The summed E-state index contributed by atoms with van der Waals surface area (Å²) in [5, 5.41) is 8.98. The Balaban J connectivity index is 1.39. The number of oxazole rings is 1. The maximum absolute atomic E-state index is 10.9. The van der Waals surface area contributed by atoms with Gasteiger partial charge in [-0.15, -0.1) is 0 Å². The van der Waals surface area contributed by atoms with E-state index in [9.17, 15) is 4.79 Å². The summed E-state index contributed by atoms with van der Waals surface area (Å²) in [5.74, 6) is 1.85. The third kappa shape index (κ3) is 5.20. The Hall–Kier alpha value is -3.86. The van der Waals surface area contributed by atoms with Crippen LogP contribution in [-0.4, -0.2) is 22.7 Å². The van der Waals surface area contributed by atoms with E-state index >= 15 is 0 Å². The normalized spacial score (nSPS) is 15.0. The number of fused-ring (bicyclic) bond motifs is 1. The van der Waals surface area contributed by atoms with Gasteiger partial charge < -0.3 is 14.3 Å². The lowest BCUT2D eigenvalue weighted by molar-refractivity contribution is -0.139. The minimum Gasteiger partial charge on any atom is -0.482 e. The zero-order valence-corrected chi connectivity index (χ0v) is 20.5. The number of benzene rings is 3. The molecule has 3 aromatic carbocycles. The number of carboxylic acid groups (broad SMARTS) is 1. The van der Waals surface area contributed by atoms with E-state index in [4.69, 9.17) is 19.2 Å². The zero-order valence-electron chi connectivity index (χ0n) is 20.5. The average molecular weight is 482 g/mol. The van der Waals surface area contributed by atoms with Gasteiger partial charge in [-0.3, -0.25) is 0 Å². The summed E-state index contributed by atoms with van der Waals surface area (Å²) < 4.78 is 12.0. The van der Waals surface area contributed by atoms with Crippen LogP contribution >= 0.6 is 0 Å². The van der Waals surface area contributed by atoms with Gasteiger partial charge in [0.2, 0.25) is 5.89 Å². The van der Waals surface area contributed by atoms with Crippen LogP contribution < -0.4 is 4.74 Å². The Labute approximate surface area is 211 Å². The van der Waals surface area contributed by atoms with Crippen molar-refractivity contribution in [2.45, 2.75) is 44.9 Å². The van der Waals surface area contributed by atoms with Crippen LogP contribution in [0.1, 0.15) is 58.9 Å². The topological polar surface area (TPSA) is 72.6 Å². The molecule has 0 bridgehead atoms. The van der Waals surface area contributed by atoms with Crippen molar-refractivity contribution >= 4 is 5.97 Å². The molecule has 1 aliphatic carbocycles. The molecule has 0 saturated heterocycles. The van der Waals surface area contributed by atoms with Gasteiger partial charge in [0, 0.05) is 6.42 Å². The van der Waals surface area contributed by atoms with Crippen LogP contribution in [0.5, 0.6) is 5.75 Å². The van der Waals surface area contributed by atoms with Crippen LogP contribution in [0.4, 0.5) is 0 Å². The lowest BCUT2D eigenvalue weighted by atomic mass is 9.81. The first kappa shape index (κ1) is 23.9. The number of aliphatic carboxylic acids is 1. The van der Waals surface area contributed by atoms with Crippen molar-refractivity contribution in [3.63, 3.8) is 0 Å². The first-order chi connectivity index (χ1) is 17.6. The molecule has 184 valence electrons. The second-order valence-electron chi connectivity index (χ2n) is 9.42. The molecule has 1 atom stereocenters. The predicted octanol–water partition coefficient (Wildman–Crippen LogP) is 6.23. The average Bonchev–Trinajstić information content (AvgIpc) is 3.30. The number of aryl methyl sites for hydroxylation is 1. The fourth-order valence-corrected chi connectivity index (χ4v) is 5.30. The smallest absolute Gasteiger partial charge is 0.341 e. The van der Waals surface area contributed by atoms with Crippen molar-refractivity contribution in [2.75, 3.05) is 6.61 Å². The molecule has 0 aliphatic heterocycles. The van der Waals surface area contributed by atoms with Gasteiger partial charge in [0.1, 0.15) is 11.5 Å². The largest absolute Gasteiger partial charge is 0.482 e. The second-order valence-corrected chi connectivity index (χ2v) is 9.42. The molecule has 5 nitrogen and oxygen atoms in total. The van der Waals surface area contributed by atoms with Crippen molar-refractivity contribution in [3.05, 3.63) is 118 Å². The van der Waals surface area contributed by atoms with Crippen LogP contribution in [0.3, 0.4) is 0 Å². The molecule has 5 heteroatoms. The van der Waals surface area contributed by atoms with Gasteiger partial charge in [-0.2, -0.15) is 0 Å². The fourth-order valence-electron chi connectivity index (χ4n) is 5.30. The van der Waals surface area contributed by atoms with Gasteiger partial charge >= 0.3 is 5.97 Å². The highest BCUT2D eigenvalue weighted by Gasteiger charge is 2.27. The highest BCUT2D eigenvalue weighted by atomic mass is 16.5. The van der Waals surface area contributed by atoms with Gasteiger partial charge in [0.25, 0.3) is 0 Å². The summed E-state index contributed by atoms with van der Waals surface area (Å²) in [5.41, 5.74) is 5.76. The molecule has 5 rings (SSSR count). The quantitative estimate of drug-likeness (QED) is 0.307. The monoisotopic (exact) mass is 481 g/mol. The van der Waals surface area contributed by atoms with Crippen LogP contribution in [-0.2, 0) is 30.5 Å². The highest BCUT2D eigenvalue weighted by Crippen LogP contribution is 2.36. The molecule has 1 heterocycles. The van der Waals surface area contributed by atoms with Gasteiger partial charge in [-0.1, -0.05) is 79.7 Å². The third-order valence-electron chi connectivity index (χ3n) is 7.00. The Morgan fingerprint density at radius 2 is 1.72 bits per heavy atom. The first-order valence-corrected chi connectivity index (χ1v) is 12.7. The summed E-state index contributed by atoms with van der Waals surface area (Å²) in [4.78, 5) is 16.0. The number of aromatic nitrogens is 1. The van der Waals surface area contributed by atoms with Gasteiger partial charge in [0.15, 0.2) is 6.61 Å². The molecule has 1 aliphatic rings. The van der Waals surface area contributed by atoms with E-state index in [1.54, 1.807) is 0 Å². The minimum absolute atomic E-state index is 0.0486. The van der Waals surface area contributed by atoms with Crippen molar-refractivity contribution in [1.82, 2.24) is 4.98 Å². The summed E-state index contributed by atoms with van der Waals surface area (Å²) in [6, 6.07) is 26.8. The lowest BCUT2D eigenvalue weighted by Gasteiger charge is -2.26. The summed E-state index contributed by atoms with van der Waals surface area (Å²) in [6.45, 7) is 1.81. The van der Waals surface area contributed by atoms with Crippen molar-refractivity contribution in [1.29, 1.82) is 0 Å². The standard InChI is InChI=1S/C31H31NO4/c1-2-27-26(19-21-16-17-25-24(18-21)14-9-15-28(25)35-20-29(33)34)32-31(36-27)30(22-10-5-3-6-11-22)23-12-7-4-8-13-23/h3-15,21,30H,2,16-20H2,1H3,(H,33,34). The molecule has 0 radical (unpaired) electrons. The van der Waals surface area contributed by atoms with Gasteiger partial charge in [-0.25, -0.2) is 9.78 Å². The Morgan fingerprint density at radius 1 is 1.03 bits per heavy atom. The number of nitrogens with zero attached hydrogens (tertiary/aromatic N) is 1. The van der Waals surface area contributed by atoms with E-state index in [2.05, 4.69) is 61.5 Å². The molecular weight excluding hydrogens is 450 g/mol. The van der Waals surface area contributed by atoms with E-state index in [0.29, 0.717) is 11.7 Å². The predicted molar refractivity (Wildman–Crippen MR) is 139 cm³/mol. The summed E-state index contributed by atoms with van der Waals surface area (Å²) in [7, 11) is 0. The maximum Gasteiger partial charge on any atom is 0.341 e. The number of rotatable bonds is 9. The van der Waals surface area contributed by atoms with E-state index in [-0.39, 0.29) is 12.5 Å². The number of ether oxygens (including phenoxy) is 1. The molecule has 0 amide bonds. The van der Waals surface area contributed by atoms with Crippen molar-refractivity contribution in [3.8, 4) is 5.75 Å². The number of carboxylic acids is 1. The van der Waals surface area contributed by atoms with E-state index in [0.717, 1.165) is 55.0 Å². The third-order valence-corrected chi connectivity index (χ3v) is 7.00. The Kier molecular flexibility index (Phi) is 7.17. The van der Waals surface area contributed by atoms with E-state index in [1.165, 1.54) is 16.7 Å². The van der Waals surface area contributed by atoms with Crippen molar-refractivity contribution in [2.24, 2.45) is 5.92 Å². The Morgan fingerprint density at radius 3 is 2.36 bits per heavy atom. The first-order valence-electron chi connectivity index (χ1n) is 12.7. The highest BCUT2D eigenvalue weighted by molar-refractivity contribution is 5.68. The van der Waals surface area contributed by atoms with Crippen molar-refractivity contribution < 1.29 is 19.1 Å². The van der Waals surface area contributed by atoms with Gasteiger partial charge in [0.05, 0.1) is 11.6 Å². The van der Waals surface area contributed by atoms with E-state index in [1.807, 2.05) is 24.3 Å². The fraction of sp³-hybridized carbons (Fsp3) is 0.290. The SMILES string of the molecule is CCc1oc(C(c2ccccc2)c2ccccc2)nc1CC1CCc2c(cccc2OCC(=O)O)C1. The molecular formula is C31H31NO4. The molecule has 1 N–H and O–H groups in total. The second kappa shape index (κ2) is 10.8. The number of hydrogen-bond acceptors (Lipinski definition) is 4. The summed E-state index contributed by atoms with van der Waals surface area (Å²) >= 11 is 0. The number of hydrogen-bond donors (Lipinski definition) is 1. The summed E-state index contributed by atoms with van der Waals surface area (Å²) in [6.07, 6.45) is 4.47. The van der Waals surface area contributed by atoms with Crippen LogP contribution in [0.25, 0.3) is 0 Å².